The van der Waals surface area contributed by atoms with Crippen molar-refractivity contribution in [3.8, 4) is 0 Å². The number of halogens is 1. The van der Waals surface area contributed by atoms with E-state index in [1.54, 1.807) is 29.2 Å². The molecule has 2 N–H and O–H groups in total. The van der Waals surface area contributed by atoms with Crippen LogP contribution in [0.5, 0.6) is 0 Å². The number of anilines is 1. The van der Waals surface area contributed by atoms with Gasteiger partial charge in [-0.3, -0.25) is 19.3 Å². The molecule has 3 saturated heterocycles. The molecule has 6 atom stereocenters. The van der Waals surface area contributed by atoms with Crippen molar-refractivity contribution in [1.82, 2.24) is 15.1 Å². The quantitative estimate of drug-likeness (QED) is 0.501. The molecule has 1 aliphatic carbocycles. The lowest BCUT2D eigenvalue weighted by Gasteiger charge is -2.37. The number of hydrogen-bond donors (Lipinski definition) is 2. The summed E-state index contributed by atoms with van der Waals surface area (Å²) in [4.78, 5) is 45.8. The van der Waals surface area contributed by atoms with Crippen LogP contribution in [-0.2, 0) is 19.1 Å². The van der Waals surface area contributed by atoms with E-state index in [9.17, 15) is 14.4 Å². The molecular weight excluding hydrogens is 516 g/mol. The zero-order valence-corrected chi connectivity index (χ0v) is 23.4. The second-order valence-corrected chi connectivity index (χ2v) is 12.4. The van der Waals surface area contributed by atoms with Crippen LogP contribution in [0.3, 0.4) is 0 Å². The maximum Gasteiger partial charge on any atom is 0.246 e. The van der Waals surface area contributed by atoms with E-state index in [4.69, 9.17) is 16.3 Å². The lowest BCUT2D eigenvalue weighted by atomic mass is 9.74. The predicted octanol–water partition coefficient (Wildman–Crippen LogP) is 3.75. The minimum Gasteiger partial charge on any atom is -0.359 e. The molecule has 1 saturated carbocycles. The number of rotatable bonds is 7. The molecule has 4 heterocycles. The lowest BCUT2D eigenvalue weighted by Crippen LogP contribution is -2.57. The van der Waals surface area contributed by atoms with Crippen LogP contribution in [-0.4, -0.2) is 77.0 Å². The SMILES string of the molecule is C[C@@H]1CCCCN1CCN1C(=O)[C@@H]2[C@H](C(=O)Nc3ccc(Cl)cc3)[C@@H]3C=C[C@@]2(O3)[C@H]1C(=O)NC1CCCCC1. The second kappa shape index (κ2) is 10.9. The van der Waals surface area contributed by atoms with Crippen molar-refractivity contribution in [2.45, 2.75) is 88.1 Å². The van der Waals surface area contributed by atoms with Crippen LogP contribution >= 0.6 is 11.6 Å². The number of likely N-dealkylation sites (tertiary alicyclic amines) is 2. The van der Waals surface area contributed by atoms with E-state index >= 15 is 0 Å². The third-order valence-electron chi connectivity index (χ3n) is 9.56. The minimum atomic E-state index is -1.13. The molecule has 8 nitrogen and oxygen atoms in total. The van der Waals surface area contributed by atoms with Crippen LogP contribution < -0.4 is 10.6 Å². The molecule has 4 aliphatic heterocycles. The Morgan fingerprint density at radius 1 is 1.03 bits per heavy atom. The largest absolute Gasteiger partial charge is 0.359 e. The van der Waals surface area contributed by atoms with Crippen LogP contribution in [0.2, 0.25) is 5.02 Å². The molecule has 1 spiro atoms. The summed E-state index contributed by atoms with van der Waals surface area (Å²) in [6, 6.07) is 6.69. The summed E-state index contributed by atoms with van der Waals surface area (Å²) in [5, 5.41) is 6.79. The highest BCUT2D eigenvalue weighted by atomic mass is 35.5. The van der Waals surface area contributed by atoms with Crippen molar-refractivity contribution in [2.24, 2.45) is 11.8 Å². The zero-order valence-electron chi connectivity index (χ0n) is 22.6. The Kier molecular flexibility index (Phi) is 7.46. The fraction of sp³-hybridized carbons (Fsp3) is 0.633. The Morgan fingerprint density at radius 2 is 1.77 bits per heavy atom. The van der Waals surface area contributed by atoms with E-state index in [0.29, 0.717) is 29.8 Å². The van der Waals surface area contributed by atoms with Crippen molar-refractivity contribution >= 4 is 35.0 Å². The first kappa shape index (κ1) is 26.8. The first-order chi connectivity index (χ1) is 18.9. The molecule has 210 valence electrons. The highest BCUT2D eigenvalue weighted by Gasteiger charge is 2.72. The van der Waals surface area contributed by atoms with Gasteiger partial charge in [-0.25, -0.2) is 0 Å². The number of carbonyl (C=O) groups is 3. The van der Waals surface area contributed by atoms with E-state index in [0.717, 1.165) is 45.1 Å². The summed E-state index contributed by atoms with van der Waals surface area (Å²) < 4.78 is 6.48. The normalized spacial score (nSPS) is 34.4. The van der Waals surface area contributed by atoms with Gasteiger partial charge in [-0.05, 0) is 63.4 Å². The van der Waals surface area contributed by atoms with Gasteiger partial charge >= 0.3 is 0 Å². The first-order valence-electron chi connectivity index (χ1n) is 14.7. The molecule has 3 amide bonds. The summed E-state index contributed by atoms with van der Waals surface area (Å²) in [5.41, 5.74) is -0.520. The van der Waals surface area contributed by atoms with E-state index in [1.165, 1.54) is 12.8 Å². The highest BCUT2D eigenvalue weighted by molar-refractivity contribution is 6.30. The number of carbonyl (C=O) groups excluding carboxylic acids is 3. The van der Waals surface area contributed by atoms with E-state index < -0.39 is 29.6 Å². The number of nitrogens with one attached hydrogen (secondary N) is 2. The Morgan fingerprint density at radius 3 is 2.51 bits per heavy atom. The van der Waals surface area contributed by atoms with Gasteiger partial charge in [0.1, 0.15) is 11.6 Å². The van der Waals surface area contributed by atoms with Gasteiger partial charge in [-0.2, -0.15) is 0 Å². The molecule has 39 heavy (non-hydrogen) atoms. The maximum atomic E-state index is 14.2. The molecule has 9 heteroatoms. The van der Waals surface area contributed by atoms with Gasteiger partial charge in [0.2, 0.25) is 17.7 Å². The molecule has 6 rings (SSSR count). The van der Waals surface area contributed by atoms with Crippen molar-refractivity contribution in [2.75, 3.05) is 25.0 Å². The van der Waals surface area contributed by atoms with Crippen LogP contribution in [0.25, 0.3) is 0 Å². The Hall–Kier alpha value is -2.42. The van der Waals surface area contributed by atoms with Gasteiger partial charge in [0.25, 0.3) is 0 Å². The Labute approximate surface area is 235 Å². The van der Waals surface area contributed by atoms with Gasteiger partial charge in [-0.1, -0.05) is 49.4 Å². The summed E-state index contributed by atoms with van der Waals surface area (Å²) in [5.74, 6) is -2.03. The number of amides is 3. The predicted molar refractivity (Wildman–Crippen MR) is 149 cm³/mol. The number of nitrogens with zero attached hydrogens (tertiary/aromatic N) is 2. The molecular formula is C30H39ClN4O4. The van der Waals surface area contributed by atoms with Crippen molar-refractivity contribution in [3.63, 3.8) is 0 Å². The molecule has 0 radical (unpaired) electrons. The average molecular weight is 555 g/mol. The topological polar surface area (TPSA) is 91.0 Å². The third kappa shape index (κ3) is 4.89. The number of ether oxygens (including phenoxy) is 1. The van der Waals surface area contributed by atoms with E-state index in [1.807, 2.05) is 12.2 Å². The standard InChI is InChI=1S/C30H39ClN4O4/c1-19-7-5-6-16-34(19)17-18-35-26(28(37)33-21-8-3-2-4-9-21)30-15-14-23(39-30)24(25(30)29(35)38)27(36)32-22-12-10-20(31)11-13-22/h10-15,19,21,23-26H,2-9,16-18H2,1H3,(H,32,36)(H,33,37)/t19-,23+,24-,25+,26-,30+/m1/s1. The molecule has 2 bridgehead atoms. The van der Waals surface area contributed by atoms with Gasteiger partial charge < -0.3 is 20.3 Å². The molecule has 4 fully saturated rings. The summed E-state index contributed by atoms with van der Waals surface area (Å²) >= 11 is 6.01. The molecule has 1 aromatic carbocycles. The van der Waals surface area contributed by atoms with E-state index in [-0.39, 0.29) is 23.8 Å². The zero-order chi connectivity index (χ0) is 27.1. The smallest absolute Gasteiger partial charge is 0.246 e. The van der Waals surface area contributed by atoms with Crippen LogP contribution in [0.15, 0.2) is 36.4 Å². The lowest BCUT2D eigenvalue weighted by molar-refractivity contribution is -0.141. The molecule has 1 aromatic rings. The van der Waals surface area contributed by atoms with Gasteiger partial charge in [-0.15, -0.1) is 0 Å². The van der Waals surface area contributed by atoms with Crippen LogP contribution in [0, 0.1) is 11.8 Å². The molecule has 0 aromatic heterocycles. The average Bonchev–Trinajstić information content (AvgIpc) is 3.57. The monoisotopic (exact) mass is 554 g/mol. The van der Waals surface area contributed by atoms with Gasteiger partial charge in [0, 0.05) is 35.9 Å². The second-order valence-electron chi connectivity index (χ2n) is 12.0. The molecule has 5 aliphatic rings. The number of piperidine rings is 1. The minimum absolute atomic E-state index is 0.118. The Balaban J connectivity index is 1.27. The van der Waals surface area contributed by atoms with Crippen LogP contribution in [0.4, 0.5) is 5.69 Å². The van der Waals surface area contributed by atoms with Gasteiger partial charge in [0.15, 0.2) is 0 Å². The maximum absolute atomic E-state index is 14.2. The summed E-state index contributed by atoms with van der Waals surface area (Å²) in [6.07, 6.45) is 12.0. The fourth-order valence-electron chi connectivity index (χ4n) is 7.52. The van der Waals surface area contributed by atoms with Crippen molar-refractivity contribution in [3.05, 3.63) is 41.4 Å². The number of hydrogen-bond acceptors (Lipinski definition) is 5. The summed E-state index contributed by atoms with van der Waals surface area (Å²) in [7, 11) is 0. The fourth-order valence-corrected chi connectivity index (χ4v) is 7.65. The van der Waals surface area contributed by atoms with Gasteiger partial charge in [0.05, 0.1) is 17.9 Å². The number of fused-ring (bicyclic) bond motifs is 1. The Bertz CT molecular complexity index is 1140. The first-order valence-corrected chi connectivity index (χ1v) is 15.0. The van der Waals surface area contributed by atoms with Crippen molar-refractivity contribution < 1.29 is 19.1 Å². The number of benzene rings is 1. The van der Waals surface area contributed by atoms with Crippen molar-refractivity contribution in [1.29, 1.82) is 0 Å². The third-order valence-corrected chi connectivity index (χ3v) is 9.81. The summed E-state index contributed by atoms with van der Waals surface area (Å²) in [6.45, 7) is 4.38. The highest BCUT2D eigenvalue weighted by Crippen LogP contribution is 2.55. The van der Waals surface area contributed by atoms with E-state index in [2.05, 4.69) is 22.5 Å². The van der Waals surface area contributed by atoms with Crippen LogP contribution in [0.1, 0.15) is 58.3 Å². The molecule has 0 unspecified atom stereocenters.